The summed E-state index contributed by atoms with van der Waals surface area (Å²) in [4.78, 5) is 19.3. The van der Waals surface area contributed by atoms with Gasteiger partial charge in [-0.25, -0.2) is 9.50 Å². The topological polar surface area (TPSA) is 115 Å². The summed E-state index contributed by atoms with van der Waals surface area (Å²) in [6.07, 6.45) is 3.79. The molecule has 1 saturated heterocycles. The molecule has 10 nitrogen and oxygen atoms in total. The molecule has 1 amide bonds. The molecule has 0 aromatic carbocycles. The lowest BCUT2D eigenvalue weighted by Gasteiger charge is -2.33. The number of amides is 1. The van der Waals surface area contributed by atoms with Gasteiger partial charge in [-0.3, -0.25) is 9.69 Å². The van der Waals surface area contributed by atoms with Gasteiger partial charge < -0.3 is 14.4 Å². The standard InChI is InChI=1S/C22H25N7O3/c1-13-8-20-23-10-17(18-7-14(2)26-32-18)22(29(20)25-13)16-5-4-6-28(11-16)12-21(30)24-19-9-15(3)31-27-19/h7-10,16H,4-6,11-12H2,1-3H3,(H,24,27,30). The zero-order chi connectivity index (χ0) is 22.2. The zero-order valence-electron chi connectivity index (χ0n) is 18.3. The molecule has 10 heteroatoms. The summed E-state index contributed by atoms with van der Waals surface area (Å²) in [6, 6.07) is 5.58. The summed E-state index contributed by atoms with van der Waals surface area (Å²) in [5.74, 6) is 1.82. The van der Waals surface area contributed by atoms with Crippen LogP contribution in [-0.4, -0.2) is 55.4 Å². The smallest absolute Gasteiger partial charge is 0.239 e. The first-order chi connectivity index (χ1) is 15.5. The van der Waals surface area contributed by atoms with E-state index in [0.717, 1.165) is 54.2 Å². The van der Waals surface area contributed by atoms with E-state index in [4.69, 9.17) is 14.1 Å². The first-order valence-electron chi connectivity index (χ1n) is 10.7. The average Bonchev–Trinajstić information content (AvgIpc) is 3.46. The molecule has 5 rings (SSSR count). The Hall–Kier alpha value is -3.53. The third kappa shape index (κ3) is 4.01. The van der Waals surface area contributed by atoms with Crippen LogP contribution in [0.15, 0.2) is 33.4 Å². The molecule has 4 aromatic heterocycles. The Morgan fingerprint density at radius 2 is 2.03 bits per heavy atom. The van der Waals surface area contributed by atoms with Crippen molar-refractivity contribution in [1.82, 2.24) is 29.8 Å². The summed E-state index contributed by atoms with van der Waals surface area (Å²) in [5.41, 5.74) is 4.44. The minimum absolute atomic E-state index is 0.111. The predicted molar refractivity (Wildman–Crippen MR) is 116 cm³/mol. The highest BCUT2D eigenvalue weighted by Gasteiger charge is 2.29. The van der Waals surface area contributed by atoms with Gasteiger partial charge in [0.1, 0.15) is 5.76 Å². The Morgan fingerprint density at radius 1 is 1.16 bits per heavy atom. The summed E-state index contributed by atoms with van der Waals surface area (Å²) in [5, 5.41) is 15.4. The van der Waals surface area contributed by atoms with Crippen LogP contribution < -0.4 is 5.32 Å². The fourth-order valence-electron chi connectivity index (χ4n) is 4.37. The number of aromatic nitrogens is 5. The molecule has 1 atom stereocenters. The lowest BCUT2D eigenvalue weighted by atomic mass is 9.91. The van der Waals surface area contributed by atoms with E-state index in [1.807, 2.05) is 36.7 Å². The van der Waals surface area contributed by atoms with Crippen LogP contribution >= 0.6 is 0 Å². The van der Waals surface area contributed by atoms with E-state index >= 15 is 0 Å². The van der Waals surface area contributed by atoms with Crippen LogP contribution in [0, 0.1) is 20.8 Å². The van der Waals surface area contributed by atoms with Gasteiger partial charge in [-0.15, -0.1) is 0 Å². The highest BCUT2D eigenvalue weighted by molar-refractivity contribution is 5.91. The van der Waals surface area contributed by atoms with Gasteiger partial charge in [0.05, 0.1) is 29.2 Å². The molecule has 0 radical (unpaired) electrons. The average molecular weight is 435 g/mol. The number of carbonyl (C=O) groups excluding carboxylic acids is 1. The van der Waals surface area contributed by atoms with Gasteiger partial charge in [-0.2, -0.15) is 5.10 Å². The Balaban J connectivity index is 1.42. The summed E-state index contributed by atoms with van der Waals surface area (Å²) < 4.78 is 12.5. The number of hydrogen-bond donors (Lipinski definition) is 1. The van der Waals surface area contributed by atoms with Crippen molar-refractivity contribution in [2.24, 2.45) is 0 Å². The van der Waals surface area contributed by atoms with Crippen molar-refractivity contribution in [2.45, 2.75) is 39.5 Å². The second-order valence-corrected chi connectivity index (χ2v) is 8.39. The first kappa shape index (κ1) is 20.4. The maximum Gasteiger partial charge on any atom is 0.239 e. The maximum atomic E-state index is 12.6. The number of nitrogens with zero attached hydrogens (tertiary/aromatic N) is 6. The van der Waals surface area contributed by atoms with Gasteiger partial charge in [0.25, 0.3) is 0 Å². The van der Waals surface area contributed by atoms with E-state index < -0.39 is 0 Å². The minimum Gasteiger partial charge on any atom is -0.360 e. The predicted octanol–water partition coefficient (Wildman–Crippen LogP) is 3.12. The van der Waals surface area contributed by atoms with Crippen molar-refractivity contribution in [3.63, 3.8) is 0 Å². The Labute approximate surface area is 184 Å². The van der Waals surface area contributed by atoms with E-state index in [-0.39, 0.29) is 18.4 Å². The highest BCUT2D eigenvalue weighted by Crippen LogP contribution is 2.35. The normalized spacial score (nSPS) is 17.2. The van der Waals surface area contributed by atoms with Crippen LogP contribution in [0.4, 0.5) is 5.82 Å². The number of piperidine rings is 1. The fraction of sp³-hybridized carbons (Fsp3) is 0.409. The van der Waals surface area contributed by atoms with Crippen LogP contribution in [0.3, 0.4) is 0 Å². The number of likely N-dealkylation sites (tertiary alicyclic amines) is 1. The summed E-state index contributed by atoms with van der Waals surface area (Å²) in [6.45, 7) is 7.51. The quantitative estimate of drug-likeness (QED) is 0.508. The number of aryl methyl sites for hydroxylation is 3. The minimum atomic E-state index is -0.111. The summed E-state index contributed by atoms with van der Waals surface area (Å²) in [7, 11) is 0. The molecule has 1 aliphatic heterocycles. The van der Waals surface area contributed by atoms with Crippen LogP contribution in [0.5, 0.6) is 0 Å². The molecule has 32 heavy (non-hydrogen) atoms. The Bertz CT molecular complexity index is 1270. The van der Waals surface area contributed by atoms with E-state index in [9.17, 15) is 4.79 Å². The Morgan fingerprint density at radius 3 is 2.78 bits per heavy atom. The van der Waals surface area contributed by atoms with Crippen LogP contribution in [-0.2, 0) is 4.79 Å². The molecular formula is C22H25N7O3. The molecule has 1 unspecified atom stereocenters. The van der Waals surface area contributed by atoms with Gasteiger partial charge in [-0.05, 0) is 40.2 Å². The van der Waals surface area contributed by atoms with E-state index in [0.29, 0.717) is 17.3 Å². The number of anilines is 1. The number of carbonyl (C=O) groups is 1. The molecule has 0 saturated carbocycles. The second kappa shape index (κ2) is 8.19. The lowest BCUT2D eigenvalue weighted by Crippen LogP contribution is -2.40. The molecule has 0 spiro atoms. The number of fused-ring (bicyclic) bond motifs is 1. The molecule has 166 valence electrons. The van der Waals surface area contributed by atoms with Crippen molar-refractivity contribution in [3.8, 4) is 11.3 Å². The summed E-state index contributed by atoms with van der Waals surface area (Å²) >= 11 is 0. The van der Waals surface area contributed by atoms with Gasteiger partial charge in [0.15, 0.2) is 17.2 Å². The van der Waals surface area contributed by atoms with Gasteiger partial charge in [0, 0.05) is 36.9 Å². The van der Waals surface area contributed by atoms with Crippen LogP contribution in [0.2, 0.25) is 0 Å². The first-order valence-corrected chi connectivity index (χ1v) is 10.7. The van der Waals surface area contributed by atoms with Gasteiger partial charge in [-0.1, -0.05) is 10.3 Å². The molecule has 4 aromatic rings. The van der Waals surface area contributed by atoms with Crippen LogP contribution in [0.1, 0.15) is 41.6 Å². The SMILES string of the molecule is Cc1cc(-c2cnc3cc(C)nn3c2C2CCCN(CC(=O)Nc3cc(C)on3)C2)on1. The molecule has 0 bridgehead atoms. The van der Waals surface area contributed by atoms with Gasteiger partial charge >= 0.3 is 0 Å². The highest BCUT2D eigenvalue weighted by atomic mass is 16.5. The van der Waals surface area contributed by atoms with Crippen molar-refractivity contribution < 1.29 is 13.8 Å². The van der Waals surface area contributed by atoms with Crippen molar-refractivity contribution in [3.05, 3.63) is 47.2 Å². The number of hydrogen-bond acceptors (Lipinski definition) is 8. The monoisotopic (exact) mass is 435 g/mol. The van der Waals surface area contributed by atoms with E-state index in [1.165, 1.54) is 0 Å². The van der Waals surface area contributed by atoms with Crippen molar-refractivity contribution >= 4 is 17.4 Å². The number of rotatable bonds is 5. The van der Waals surface area contributed by atoms with E-state index in [2.05, 4.69) is 25.5 Å². The lowest BCUT2D eigenvalue weighted by molar-refractivity contribution is -0.117. The second-order valence-electron chi connectivity index (χ2n) is 8.39. The molecular weight excluding hydrogens is 410 g/mol. The third-order valence-corrected chi connectivity index (χ3v) is 5.69. The molecule has 5 heterocycles. The zero-order valence-corrected chi connectivity index (χ0v) is 18.3. The fourth-order valence-corrected chi connectivity index (χ4v) is 4.37. The molecule has 0 aliphatic carbocycles. The molecule has 1 fully saturated rings. The maximum absolute atomic E-state index is 12.6. The third-order valence-electron chi connectivity index (χ3n) is 5.69. The van der Waals surface area contributed by atoms with Crippen LogP contribution in [0.25, 0.3) is 17.0 Å². The van der Waals surface area contributed by atoms with Crippen molar-refractivity contribution in [1.29, 1.82) is 0 Å². The number of nitrogens with one attached hydrogen (secondary N) is 1. The Kier molecular flexibility index (Phi) is 5.22. The van der Waals surface area contributed by atoms with Gasteiger partial charge in [0.2, 0.25) is 5.91 Å². The largest absolute Gasteiger partial charge is 0.360 e. The molecule has 1 N–H and O–H groups in total. The van der Waals surface area contributed by atoms with E-state index in [1.54, 1.807) is 13.0 Å². The van der Waals surface area contributed by atoms with Crippen molar-refractivity contribution in [2.75, 3.05) is 25.0 Å². The molecule has 1 aliphatic rings.